The van der Waals surface area contributed by atoms with E-state index in [2.05, 4.69) is 72.2 Å². The van der Waals surface area contributed by atoms with Crippen LogP contribution in [0.1, 0.15) is 16.7 Å². The van der Waals surface area contributed by atoms with E-state index < -0.39 is 0 Å². The van der Waals surface area contributed by atoms with Gasteiger partial charge in [0.2, 0.25) is 0 Å². The molecule has 0 fully saturated rings. The van der Waals surface area contributed by atoms with E-state index in [1.165, 1.54) is 26.5 Å². The molecule has 0 aliphatic carbocycles. The predicted molar refractivity (Wildman–Crippen MR) is 95.9 cm³/mol. The van der Waals surface area contributed by atoms with E-state index in [0.717, 1.165) is 12.1 Å². The van der Waals surface area contributed by atoms with Crippen molar-refractivity contribution in [1.29, 1.82) is 0 Å². The molecule has 1 nitrogen and oxygen atoms in total. The molecule has 0 radical (unpaired) electrons. The van der Waals surface area contributed by atoms with Gasteiger partial charge in [-0.3, -0.25) is 4.90 Å². The Balaban J connectivity index is 2.13. The van der Waals surface area contributed by atoms with Crippen molar-refractivity contribution in [2.45, 2.75) is 16.7 Å². The first-order chi connectivity index (χ1) is 10.6. The maximum Gasteiger partial charge on any atom is 0.0600 e. The van der Waals surface area contributed by atoms with Crippen molar-refractivity contribution >= 4 is 23.4 Å². The lowest BCUT2D eigenvalue weighted by Crippen LogP contribution is -2.10. The fraction of sp³-hybridized carbons (Fsp3) is 0.200. The summed E-state index contributed by atoms with van der Waals surface area (Å²) < 4.78 is 0. The lowest BCUT2D eigenvalue weighted by atomic mass is 10.0. The molecule has 2 aromatic rings. The average Bonchev–Trinajstić information content (AvgIpc) is 2.64. The Bertz CT molecular complexity index is 791. The second-order valence-electron chi connectivity index (χ2n) is 5.74. The van der Waals surface area contributed by atoms with Crippen molar-refractivity contribution in [3.05, 3.63) is 59.2 Å². The van der Waals surface area contributed by atoms with E-state index in [1.807, 2.05) is 25.9 Å². The quantitative estimate of drug-likeness (QED) is 0.710. The summed E-state index contributed by atoms with van der Waals surface area (Å²) in [7, 11) is 4.08. The molecule has 2 aromatic carbocycles. The molecule has 0 atom stereocenters. The summed E-state index contributed by atoms with van der Waals surface area (Å²) in [6.45, 7) is 2.90. The van der Waals surface area contributed by atoms with E-state index in [0.29, 0.717) is 0 Å². The summed E-state index contributed by atoms with van der Waals surface area (Å²) >= 11 is 1.83. The second-order valence-corrected chi connectivity index (χ2v) is 6.82. The van der Waals surface area contributed by atoms with Crippen LogP contribution in [0.3, 0.4) is 0 Å². The lowest BCUT2D eigenvalue weighted by Gasteiger charge is -2.08. The fourth-order valence-corrected chi connectivity index (χ4v) is 3.43. The highest BCUT2D eigenvalue weighted by molar-refractivity contribution is 7.99. The molecule has 1 aliphatic rings. The summed E-state index contributed by atoms with van der Waals surface area (Å²) in [6, 6.07) is 15.1. The number of fused-ring (bicyclic) bond motifs is 2. The van der Waals surface area contributed by atoms with Gasteiger partial charge in [-0.2, -0.15) is 0 Å². The largest absolute Gasteiger partial charge is 0.299 e. The Hall–Kier alpha value is -1.95. The van der Waals surface area contributed by atoms with Crippen LogP contribution in [-0.2, 0) is 0 Å². The summed E-state index contributed by atoms with van der Waals surface area (Å²) in [4.78, 5) is 4.65. The number of hydrogen-bond donors (Lipinski definition) is 0. The van der Waals surface area contributed by atoms with Gasteiger partial charge in [0.25, 0.3) is 0 Å². The molecule has 0 bridgehead atoms. The average molecular weight is 305 g/mol. The first-order valence-corrected chi connectivity index (χ1v) is 8.18. The summed E-state index contributed by atoms with van der Waals surface area (Å²) in [5.41, 5.74) is 4.87. The monoisotopic (exact) mass is 305 g/mol. The highest BCUT2D eigenvalue weighted by atomic mass is 32.2. The first-order valence-electron chi connectivity index (χ1n) is 7.37. The van der Waals surface area contributed by atoms with E-state index in [9.17, 15) is 0 Å². The molecule has 0 unspecified atom stereocenters. The molecular formula is C20H19NS. The Morgan fingerprint density at radius 2 is 1.86 bits per heavy atom. The molecular weight excluding hydrogens is 286 g/mol. The van der Waals surface area contributed by atoms with Gasteiger partial charge in [0.1, 0.15) is 0 Å². The van der Waals surface area contributed by atoms with Gasteiger partial charge in [-0.1, -0.05) is 53.4 Å². The molecule has 22 heavy (non-hydrogen) atoms. The zero-order chi connectivity index (χ0) is 15.5. The molecule has 0 saturated carbocycles. The number of rotatable bonds is 1. The lowest BCUT2D eigenvalue weighted by molar-refractivity contribution is 0.464. The van der Waals surface area contributed by atoms with Gasteiger partial charge in [0, 0.05) is 20.9 Å². The minimum Gasteiger partial charge on any atom is -0.299 e. The van der Waals surface area contributed by atoms with E-state index in [-0.39, 0.29) is 0 Å². The minimum absolute atomic E-state index is 0.771. The van der Waals surface area contributed by atoms with Crippen LogP contribution in [-0.4, -0.2) is 25.5 Å². The van der Waals surface area contributed by atoms with Gasteiger partial charge < -0.3 is 0 Å². The third kappa shape index (κ3) is 3.27. The van der Waals surface area contributed by atoms with Crippen LogP contribution in [0.5, 0.6) is 0 Å². The van der Waals surface area contributed by atoms with Crippen molar-refractivity contribution in [2.75, 3.05) is 20.6 Å². The summed E-state index contributed by atoms with van der Waals surface area (Å²) in [5, 5.41) is 0. The van der Waals surface area contributed by atoms with Crippen LogP contribution in [0.2, 0.25) is 0 Å². The Morgan fingerprint density at radius 3 is 2.68 bits per heavy atom. The molecule has 0 spiro atoms. The summed E-state index contributed by atoms with van der Waals surface area (Å²) in [6.07, 6.45) is 2.22. The minimum atomic E-state index is 0.771. The predicted octanol–water partition coefficient (Wildman–Crippen LogP) is 4.57. The maximum absolute atomic E-state index is 3.37. The highest BCUT2D eigenvalue weighted by Gasteiger charge is 2.14. The number of benzene rings is 2. The molecule has 110 valence electrons. The standard InChI is InChI=1S/C20H19NS/c1-15-10-11-20-18(13-15)16(8-6-12-21(2)3)14-17-7-4-5-9-19(17)22-20/h4-5,7,9-11,13-14H,12H2,1-3H3. The Morgan fingerprint density at radius 1 is 1.05 bits per heavy atom. The molecule has 1 heterocycles. The smallest absolute Gasteiger partial charge is 0.0600 e. The number of hydrogen-bond acceptors (Lipinski definition) is 2. The zero-order valence-corrected chi connectivity index (χ0v) is 14.0. The third-order valence-corrected chi connectivity index (χ3v) is 4.65. The van der Waals surface area contributed by atoms with Crippen LogP contribution in [0, 0.1) is 18.8 Å². The zero-order valence-electron chi connectivity index (χ0n) is 13.2. The normalized spacial score (nSPS) is 12.6. The number of nitrogens with zero attached hydrogens (tertiary/aromatic N) is 1. The fourth-order valence-electron chi connectivity index (χ4n) is 2.38. The highest BCUT2D eigenvalue weighted by Crippen LogP contribution is 2.40. The van der Waals surface area contributed by atoms with E-state index in [1.54, 1.807) is 0 Å². The van der Waals surface area contributed by atoms with Gasteiger partial charge in [-0.05, 0) is 50.9 Å². The number of aryl methyl sites for hydroxylation is 1. The SMILES string of the molecule is Cc1ccc2c(c1)C(C#CCN(C)C)=Cc1ccccc1S2. The van der Waals surface area contributed by atoms with Crippen molar-refractivity contribution in [1.82, 2.24) is 4.90 Å². The topological polar surface area (TPSA) is 3.24 Å². The molecule has 0 N–H and O–H groups in total. The van der Waals surface area contributed by atoms with Crippen molar-refractivity contribution in [3.63, 3.8) is 0 Å². The van der Waals surface area contributed by atoms with Crippen molar-refractivity contribution < 1.29 is 0 Å². The third-order valence-electron chi connectivity index (χ3n) is 3.48. The molecule has 0 aromatic heterocycles. The van der Waals surface area contributed by atoms with Gasteiger partial charge in [0.15, 0.2) is 0 Å². The van der Waals surface area contributed by atoms with Crippen LogP contribution in [0.15, 0.2) is 52.3 Å². The van der Waals surface area contributed by atoms with E-state index >= 15 is 0 Å². The van der Waals surface area contributed by atoms with Crippen molar-refractivity contribution in [2.24, 2.45) is 0 Å². The molecule has 2 heteroatoms. The van der Waals surface area contributed by atoms with Gasteiger partial charge in [-0.15, -0.1) is 0 Å². The first kappa shape index (κ1) is 15.0. The molecule has 3 rings (SSSR count). The van der Waals surface area contributed by atoms with E-state index in [4.69, 9.17) is 0 Å². The van der Waals surface area contributed by atoms with Crippen molar-refractivity contribution in [3.8, 4) is 11.8 Å². The van der Waals surface area contributed by atoms with Crippen LogP contribution < -0.4 is 0 Å². The second kappa shape index (κ2) is 6.44. The summed E-state index contributed by atoms with van der Waals surface area (Å²) in [5.74, 6) is 6.65. The van der Waals surface area contributed by atoms with Gasteiger partial charge in [0.05, 0.1) is 6.54 Å². The van der Waals surface area contributed by atoms with Crippen LogP contribution in [0.25, 0.3) is 11.6 Å². The number of allylic oxidation sites excluding steroid dienone is 1. The molecule has 0 saturated heterocycles. The van der Waals surface area contributed by atoms with Crippen LogP contribution in [0.4, 0.5) is 0 Å². The maximum atomic E-state index is 3.37. The van der Waals surface area contributed by atoms with Gasteiger partial charge in [-0.25, -0.2) is 0 Å². The van der Waals surface area contributed by atoms with Gasteiger partial charge >= 0.3 is 0 Å². The molecule has 1 aliphatic heterocycles. The van der Waals surface area contributed by atoms with Crippen LogP contribution >= 0.6 is 11.8 Å². The Kier molecular flexibility index (Phi) is 4.38. The Labute approximate surface area is 137 Å². The molecule has 0 amide bonds.